The van der Waals surface area contributed by atoms with Gasteiger partial charge in [-0.1, -0.05) is 6.92 Å². The maximum Gasteiger partial charge on any atom is 0.233 e. The largest absolute Gasteiger partial charge is 0.426 e. The number of nitrogens with zero attached hydrogens (tertiary/aromatic N) is 2. The monoisotopic (exact) mass is 146 g/mol. The summed E-state index contributed by atoms with van der Waals surface area (Å²) in [4.78, 5) is 0. The molecule has 1 unspecified atom stereocenters. The van der Waals surface area contributed by atoms with E-state index in [-0.39, 0.29) is 5.38 Å². The number of alkyl halides is 1. The molecule has 0 aromatic carbocycles. The Hall–Kier alpha value is -0.570. The second kappa shape index (κ2) is 2.82. The van der Waals surface area contributed by atoms with E-state index in [2.05, 4.69) is 10.2 Å². The Morgan fingerprint density at radius 3 is 3.11 bits per heavy atom. The van der Waals surface area contributed by atoms with Gasteiger partial charge in [-0.2, -0.15) is 0 Å². The Kier molecular flexibility index (Phi) is 2.05. The Morgan fingerprint density at radius 2 is 2.67 bits per heavy atom. The molecule has 4 heteroatoms. The quantitative estimate of drug-likeness (QED) is 0.597. The van der Waals surface area contributed by atoms with Gasteiger partial charge in [-0.25, -0.2) is 0 Å². The van der Waals surface area contributed by atoms with Crippen LogP contribution in [0.2, 0.25) is 0 Å². The molecule has 1 aromatic heterocycles. The average Bonchev–Trinajstić information content (AvgIpc) is 2.37. The van der Waals surface area contributed by atoms with Crippen LogP contribution in [0.4, 0.5) is 0 Å². The molecule has 0 N–H and O–H groups in total. The Morgan fingerprint density at radius 1 is 1.89 bits per heavy atom. The molecule has 0 saturated carbocycles. The van der Waals surface area contributed by atoms with Crippen molar-refractivity contribution in [3.63, 3.8) is 0 Å². The van der Waals surface area contributed by atoms with Gasteiger partial charge in [0.15, 0.2) is 0 Å². The third-order valence-corrected chi connectivity index (χ3v) is 1.50. The summed E-state index contributed by atoms with van der Waals surface area (Å²) in [6.45, 7) is 1.96. The van der Waals surface area contributed by atoms with Crippen molar-refractivity contribution < 1.29 is 4.42 Å². The second-order valence-electron chi connectivity index (χ2n) is 1.65. The number of halogens is 1. The summed E-state index contributed by atoms with van der Waals surface area (Å²) in [5, 5.41) is 7.00. The molecule has 1 atom stereocenters. The fourth-order valence-electron chi connectivity index (χ4n) is 0.493. The van der Waals surface area contributed by atoms with Crippen LogP contribution in [0.3, 0.4) is 0 Å². The lowest BCUT2D eigenvalue weighted by Gasteiger charge is -1.95. The lowest BCUT2D eigenvalue weighted by atomic mass is 10.3. The molecule has 50 valence electrons. The topological polar surface area (TPSA) is 38.9 Å². The SMILES string of the molecule is CCC(Cl)c1nnco1. The lowest BCUT2D eigenvalue weighted by molar-refractivity contribution is 0.483. The van der Waals surface area contributed by atoms with E-state index in [0.717, 1.165) is 6.42 Å². The van der Waals surface area contributed by atoms with Gasteiger partial charge in [-0.3, -0.25) is 0 Å². The number of hydrogen-bond donors (Lipinski definition) is 0. The van der Waals surface area contributed by atoms with E-state index in [1.165, 1.54) is 6.39 Å². The molecule has 0 aliphatic carbocycles. The van der Waals surface area contributed by atoms with Crippen LogP contribution >= 0.6 is 11.6 Å². The van der Waals surface area contributed by atoms with Crippen molar-refractivity contribution in [2.24, 2.45) is 0 Å². The summed E-state index contributed by atoms with van der Waals surface area (Å²) < 4.78 is 4.83. The summed E-state index contributed by atoms with van der Waals surface area (Å²) in [5.41, 5.74) is 0. The van der Waals surface area contributed by atoms with Gasteiger partial charge < -0.3 is 4.42 Å². The van der Waals surface area contributed by atoms with Crippen LogP contribution < -0.4 is 0 Å². The van der Waals surface area contributed by atoms with Crippen LogP contribution in [0.1, 0.15) is 24.6 Å². The van der Waals surface area contributed by atoms with E-state index >= 15 is 0 Å². The van der Waals surface area contributed by atoms with E-state index < -0.39 is 0 Å². The third kappa shape index (κ3) is 1.42. The molecule has 0 saturated heterocycles. The Balaban J connectivity index is 2.65. The fourth-order valence-corrected chi connectivity index (χ4v) is 0.588. The van der Waals surface area contributed by atoms with Crippen molar-refractivity contribution in [3.05, 3.63) is 12.3 Å². The smallest absolute Gasteiger partial charge is 0.233 e. The first kappa shape index (κ1) is 6.55. The summed E-state index contributed by atoms with van der Waals surface area (Å²) in [6, 6.07) is 0. The molecule has 0 amide bonds. The van der Waals surface area contributed by atoms with Crippen molar-refractivity contribution >= 4 is 11.6 Å². The maximum absolute atomic E-state index is 5.74. The zero-order chi connectivity index (χ0) is 6.69. The molecule has 0 aliphatic heterocycles. The van der Waals surface area contributed by atoms with Crippen molar-refractivity contribution in [1.82, 2.24) is 10.2 Å². The number of aromatic nitrogens is 2. The summed E-state index contributed by atoms with van der Waals surface area (Å²) in [6.07, 6.45) is 2.09. The fraction of sp³-hybridized carbons (Fsp3) is 0.600. The molecule has 9 heavy (non-hydrogen) atoms. The maximum atomic E-state index is 5.74. The van der Waals surface area contributed by atoms with Gasteiger partial charge >= 0.3 is 0 Å². The highest BCUT2D eigenvalue weighted by molar-refractivity contribution is 6.20. The predicted octanol–water partition coefficient (Wildman–Crippen LogP) is 1.76. The van der Waals surface area contributed by atoms with Crippen molar-refractivity contribution in [1.29, 1.82) is 0 Å². The summed E-state index contributed by atoms with van der Waals surface area (Å²) in [7, 11) is 0. The minimum Gasteiger partial charge on any atom is -0.426 e. The number of rotatable bonds is 2. The van der Waals surface area contributed by atoms with Gasteiger partial charge in [0.05, 0.1) is 0 Å². The standard InChI is InChI=1S/C5H7ClN2O/c1-2-4(6)5-8-7-3-9-5/h3-4H,2H2,1H3. The van der Waals surface area contributed by atoms with Crippen LogP contribution in [0, 0.1) is 0 Å². The molecular weight excluding hydrogens is 140 g/mol. The first-order chi connectivity index (χ1) is 4.34. The van der Waals surface area contributed by atoms with Crippen LogP contribution in [-0.4, -0.2) is 10.2 Å². The molecule has 1 rings (SSSR count). The van der Waals surface area contributed by atoms with Gasteiger partial charge in [0.25, 0.3) is 0 Å². The zero-order valence-corrected chi connectivity index (χ0v) is 5.80. The highest BCUT2D eigenvalue weighted by Crippen LogP contribution is 2.20. The van der Waals surface area contributed by atoms with E-state index in [1.807, 2.05) is 6.92 Å². The number of hydrogen-bond acceptors (Lipinski definition) is 3. The third-order valence-electron chi connectivity index (χ3n) is 1.00. The first-order valence-electron chi connectivity index (χ1n) is 2.74. The minimum atomic E-state index is -0.132. The molecule has 0 bridgehead atoms. The van der Waals surface area contributed by atoms with E-state index in [0.29, 0.717) is 5.89 Å². The summed E-state index contributed by atoms with van der Waals surface area (Å²) >= 11 is 5.74. The lowest BCUT2D eigenvalue weighted by Crippen LogP contribution is -1.87. The van der Waals surface area contributed by atoms with E-state index in [9.17, 15) is 0 Å². The van der Waals surface area contributed by atoms with Crippen LogP contribution in [0.25, 0.3) is 0 Å². The molecule has 1 heterocycles. The Bertz CT molecular complexity index is 163. The highest BCUT2D eigenvalue weighted by Gasteiger charge is 2.09. The van der Waals surface area contributed by atoms with E-state index in [4.69, 9.17) is 16.0 Å². The molecular formula is C5H7ClN2O. The normalized spacial score (nSPS) is 13.6. The molecule has 0 spiro atoms. The summed E-state index contributed by atoms with van der Waals surface area (Å²) in [5.74, 6) is 0.499. The van der Waals surface area contributed by atoms with Crippen molar-refractivity contribution in [3.8, 4) is 0 Å². The molecule has 0 fully saturated rings. The van der Waals surface area contributed by atoms with E-state index in [1.54, 1.807) is 0 Å². The van der Waals surface area contributed by atoms with Gasteiger partial charge in [0.1, 0.15) is 5.38 Å². The zero-order valence-electron chi connectivity index (χ0n) is 5.04. The Labute approximate surface area is 58.0 Å². The minimum absolute atomic E-state index is 0.132. The van der Waals surface area contributed by atoms with Gasteiger partial charge in [-0.05, 0) is 6.42 Å². The van der Waals surface area contributed by atoms with Gasteiger partial charge in [-0.15, -0.1) is 21.8 Å². The predicted molar refractivity (Wildman–Crippen MR) is 33.2 cm³/mol. The van der Waals surface area contributed by atoms with Gasteiger partial charge in [0.2, 0.25) is 12.3 Å². The van der Waals surface area contributed by atoms with Crippen molar-refractivity contribution in [2.75, 3.05) is 0 Å². The molecule has 0 aliphatic rings. The first-order valence-corrected chi connectivity index (χ1v) is 3.18. The highest BCUT2D eigenvalue weighted by atomic mass is 35.5. The van der Waals surface area contributed by atoms with Crippen LogP contribution in [-0.2, 0) is 0 Å². The molecule has 0 radical (unpaired) electrons. The van der Waals surface area contributed by atoms with Crippen LogP contribution in [0.15, 0.2) is 10.8 Å². The van der Waals surface area contributed by atoms with Crippen LogP contribution in [0.5, 0.6) is 0 Å². The molecule has 3 nitrogen and oxygen atoms in total. The van der Waals surface area contributed by atoms with Crippen molar-refractivity contribution in [2.45, 2.75) is 18.7 Å². The van der Waals surface area contributed by atoms with Gasteiger partial charge in [0, 0.05) is 0 Å². The molecule has 1 aromatic rings. The second-order valence-corrected chi connectivity index (χ2v) is 2.18. The average molecular weight is 147 g/mol.